The fourth-order valence-electron chi connectivity index (χ4n) is 2.21. The van der Waals surface area contributed by atoms with E-state index in [1.54, 1.807) is 30.2 Å². The maximum Gasteiger partial charge on any atom is 0.238 e. The average Bonchev–Trinajstić information content (AvgIpc) is 3.09. The Bertz CT molecular complexity index is 689. The van der Waals surface area contributed by atoms with Gasteiger partial charge in [-0.05, 0) is 56.1 Å². The number of carbonyl (C=O) groups is 2. The van der Waals surface area contributed by atoms with Crippen LogP contribution in [0.5, 0.6) is 0 Å². The summed E-state index contributed by atoms with van der Waals surface area (Å²) in [5, 5.41) is 7.57. The van der Waals surface area contributed by atoms with Crippen LogP contribution >= 0.6 is 11.3 Å². The zero-order chi connectivity index (χ0) is 18.2. The number of nitrogens with zero attached hydrogens (tertiary/aromatic N) is 1. The SMILES string of the molecule is C[C@@H](C(=O)NCCc1cccs1)N(C)CC(=O)Nc1ccc(F)cc1. The van der Waals surface area contributed by atoms with E-state index in [-0.39, 0.29) is 24.2 Å². The summed E-state index contributed by atoms with van der Waals surface area (Å²) >= 11 is 1.66. The summed E-state index contributed by atoms with van der Waals surface area (Å²) < 4.78 is 12.9. The van der Waals surface area contributed by atoms with Gasteiger partial charge in [0.1, 0.15) is 5.82 Å². The van der Waals surface area contributed by atoms with Gasteiger partial charge in [-0.3, -0.25) is 14.5 Å². The van der Waals surface area contributed by atoms with Gasteiger partial charge in [-0.15, -0.1) is 11.3 Å². The molecule has 0 aliphatic carbocycles. The van der Waals surface area contributed by atoms with E-state index >= 15 is 0 Å². The van der Waals surface area contributed by atoms with Crippen LogP contribution in [0.3, 0.4) is 0 Å². The van der Waals surface area contributed by atoms with Crippen molar-refractivity contribution in [3.8, 4) is 0 Å². The van der Waals surface area contributed by atoms with Gasteiger partial charge in [0, 0.05) is 17.1 Å². The van der Waals surface area contributed by atoms with E-state index in [4.69, 9.17) is 0 Å². The number of amides is 2. The van der Waals surface area contributed by atoms with Crippen LogP contribution in [0, 0.1) is 5.82 Å². The standard InChI is InChI=1S/C18H22FN3O2S/c1-13(18(24)20-10-9-16-4-3-11-25-16)22(2)12-17(23)21-15-7-5-14(19)6-8-15/h3-8,11,13H,9-10,12H2,1-2H3,(H,20,24)(H,21,23)/t13-/m0/s1. The second-order valence-electron chi connectivity index (χ2n) is 5.77. The van der Waals surface area contributed by atoms with E-state index in [0.29, 0.717) is 12.2 Å². The van der Waals surface area contributed by atoms with Crippen molar-refractivity contribution in [2.75, 3.05) is 25.5 Å². The molecule has 0 saturated heterocycles. The van der Waals surface area contributed by atoms with Crippen molar-refractivity contribution >= 4 is 28.8 Å². The lowest BCUT2D eigenvalue weighted by molar-refractivity contribution is -0.126. The van der Waals surface area contributed by atoms with E-state index in [1.807, 2.05) is 17.5 Å². The molecule has 1 heterocycles. The number of hydrogen-bond donors (Lipinski definition) is 2. The topological polar surface area (TPSA) is 61.4 Å². The lowest BCUT2D eigenvalue weighted by Gasteiger charge is -2.23. The first kappa shape index (κ1) is 19.1. The number of halogens is 1. The predicted molar refractivity (Wildman–Crippen MR) is 98.2 cm³/mol. The molecular formula is C18H22FN3O2S. The number of nitrogens with one attached hydrogen (secondary N) is 2. The maximum absolute atomic E-state index is 12.9. The Hall–Kier alpha value is -2.25. The van der Waals surface area contributed by atoms with Crippen LogP contribution in [0.2, 0.25) is 0 Å². The predicted octanol–water partition coefficient (Wildman–Crippen LogP) is 2.50. The normalized spacial score (nSPS) is 12.0. The van der Waals surface area contributed by atoms with Crippen molar-refractivity contribution < 1.29 is 14.0 Å². The van der Waals surface area contributed by atoms with E-state index in [9.17, 15) is 14.0 Å². The molecule has 0 aliphatic heterocycles. The Morgan fingerprint density at radius 1 is 1.24 bits per heavy atom. The Labute approximate surface area is 150 Å². The van der Waals surface area contributed by atoms with E-state index in [1.165, 1.54) is 29.1 Å². The number of carbonyl (C=O) groups excluding carboxylic acids is 2. The molecular weight excluding hydrogens is 341 g/mol. The molecule has 0 fully saturated rings. The molecule has 0 unspecified atom stereocenters. The highest BCUT2D eigenvalue weighted by atomic mass is 32.1. The molecule has 1 aromatic heterocycles. The fourth-order valence-corrected chi connectivity index (χ4v) is 2.92. The fraction of sp³-hybridized carbons (Fsp3) is 0.333. The summed E-state index contributed by atoms with van der Waals surface area (Å²) in [5.41, 5.74) is 0.521. The molecule has 25 heavy (non-hydrogen) atoms. The van der Waals surface area contributed by atoms with Crippen LogP contribution < -0.4 is 10.6 Å². The number of benzene rings is 1. The Balaban J connectivity index is 1.74. The zero-order valence-electron chi connectivity index (χ0n) is 14.3. The molecule has 0 spiro atoms. The second kappa shape index (κ2) is 9.29. The lowest BCUT2D eigenvalue weighted by atomic mass is 10.2. The molecule has 0 saturated carbocycles. The molecule has 134 valence electrons. The number of anilines is 1. The molecule has 2 amide bonds. The van der Waals surface area contributed by atoms with Gasteiger partial charge in [-0.2, -0.15) is 0 Å². The highest BCUT2D eigenvalue weighted by molar-refractivity contribution is 7.09. The maximum atomic E-state index is 12.9. The van der Waals surface area contributed by atoms with Gasteiger partial charge in [-0.25, -0.2) is 4.39 Å². The number of thiophene rings is 1. The van der Waals surface area contributed by atoms with Gasteiger partial charge in [0.15, 0.2) is 0 Å². The highest BCUT2D eigenvalue weighted by Crippen LogP contribution is 2.09. The number of likely N-dealkylation sites (N-methyl/N-ethyl adjacent to an activating group) is 1. The van der Waals surface area contributed by atoms with Crippen LogP contribution in [-0.2, 0) is 16.0 Å². The van der Waals surface area contributed by atoms with Crippen LogP contribution in [0.1, 0.15) is 11.8 Å². The summed E-state index contributed by atoms with van der Waals surface area (Å²) in [6.07, 6.45) is 0.797. The van der Waals surface area contributed by atoms with Crippen LogP contribution in [0.4, 0.5) is 10.1 Å². The van der Waals surface area contributed by atoms with E-state index in [2.05, 4.69) is 10.6 Å². The summed E-state index contributed by atoms with van der Waals surface area (Å²) in [4.78, 5) is 27.1. The third-order valence-electron chi connectivity index (χ3n) is 3.81. The van der Waals surface area contributed by atoms with Crippen LogP contribution in [0.15, 0.2) is 41.8 Å². The second-order valence-corrected chi connectivity index (χ2v) is 6.80. The Morgan fingerprint density at radius 3 is 2.60 bits per heavy atom. The van der Waals surface area contributed by atoms with Gasteiger partial charge < -0.3 is 10.6 Å². The molecule has 0 bridgehead atoms. The number of hydrogen-bond acceptors (Lipinski definition) is 4. The molecule has 2 aromatic rings. The Morgan fingerprint density at radius 2 is 1.96 bits per heavy atom. The molecule has 0 radical (unpaired) electrons. The molecule has 1 aromatic carbocycles. The third kappa shape index (κ3) is 6.28. The molecule has 1 atom stereocenters. The average molecular weight is 363 g/mol. The zero-order valence-corrected chi connectivity index (χ0v) is 15.1. The monoisotopic (exact) mass is 363 g/mol. The molecule has 7 heteroatoms. The number of rotatable bonds is 8. The smallest absolute Gasteiger partial charge is 0.238 e. The summed E-state index contributed by atoms with van der Waals surface area (Å²) in [5.74, 6) is -0.732. The van der Waals surface area contributed by atoms with Crippen LogP contribution in [0.25, 0.3) is 0 Å². The quantitative estimate of drug-likeness (QED) is 0.758. The largest absolute Gasteiger partial charge is 0.354 e. The first-order chi connectivity index (χ1) is 12.0. The van der Waals surface area contributed by atoms with Crippen molar-refractivity contribution in [1.82, 2.24) is 10.2 Å². The van der Waals surface area contributed by atoms with Crippen LogP contribution in [-0.4, -0.2) is 42.9 Å². The van der Waals surface area contributed by atoms with Crippen molar-refractivity contribution in [2.45, 2.75) is 19.4 Å². The first-order valence-corrected chi connectivity index (χ1v) is 8.89. The summed E-state index contributed by atoms with van der Waals surface area (Å²) in [6.45, 7) is 2.39. The van der Waals surface area contributed by atoms with Gasteiger partial charge in [0.25, 0.3) is 0 Å². The van der Waals surface area contributed by atoms with E-state index < -0.39 is 6.04 Å². The summed E-state index contributed by atoms with van der Waals surface area (Å²) in [7, 11) is 1.72. The minimum atomic E-state index is -0.428. The van der Waals surface area contributed by atoms with Crippen molar-refractivity contribution in [1.29, 1.82) is 0 Å². The highest BCUT2D eigenvalue weighted by Gasteiger charge is 2.19. The first-order valence-electron chi connectivity index (χ1n) is 8.01. The molecule has 0 aliphatic rings. The van der Waals surface area contributed by atoms with Crippen molar-refractivity contribution in [3.63, 3.8) is 0 Å². The van der Waals surface area contributed by atoms with Gasteiger partial charge >= 0.3 is 0 Å². The van der Waals surface area contributed by atoms with Crippen molar-refractivity contribution in [3.05, 3.63) is 52.5 Å². The van der Waals surface area contributed by atoms with Gasteiger partial charge in [0.05, 0.1) is 12.6 Å². The van der Waals surface area contributed by atoms with Gasteiger partial charge in [0.2, 0.25) is 11.8 Å². The minimum Gasteiger partial charge on any atom is -0.354 e. The van der Waals surface area contributed by atoms with E-state index in [0.717, 1.165) is 6.42 Å². The minimum absolute atomic E-state index is 0.0664. The van der Waals surface area contributed by atoms with Crippen molar-refractivity contribution in [2.24, 2.45) is 0 Å². The molecule has 5 nitrogen and oxygen atoms in total. The molecule has 2 rings (SSSR count). The lowest BCUT2D eigenvalue weighted by Crippen LogP contribution is -2.46. The molecule has 2 N–H and O–H groups in total. The van der Waals surface area contributed by atoms with Gasteiger partial charge in [-0.1, -0.05) is 6.07 Å². The third-order valence-corrected chi connectivity index (χ3v) is 4.75. The Kier molecular flexibility index (Phi) is 7.09. The summed E-state index contributed by atoms with van der Waals surface area (Å²) in [6, 6.07) is 9.14.